The van der Waals surface area contributed by atoms with Crippen molar-refractivity contribution in [3.8, 4) is 0 Å². The summed E-state index contributed by atoms with van der Waals surface area (Å²) in [6.45, 7) is 6.36. The molecule has 0 radical (unpaired) electrons. The SMILES string of the molecule is Fc1ccc(CN2CCN3CC(OCC4CC4)CC3C2)cc1.O=C(O)C(F)(F)F.O=C(O)C(F)(F)F. The summed E-state index contributed by atoms with van der Waals surface area (Å²) in [5.74, 6) is -4.81. The quantitative estimate of drug-likeness (QED) is 0.558. The molecule has 1 saturated carbocycles. The van der Waals surface area contributed by atoms with E-state index in [4.69, 9.17) is 24.5 Å². The Balaban J connectivity index is 0.000000271. The van der Waals surface area contributed by atoms with Crippen molar-refractivity contribution < 1.29 is 55.3 Å². The molecule has 2 unspecified atom stereocenters. The summed E-state index contributed by atoms with van der Waals surface area (Å²) in [6, 6.07) is 7.56. The standard InChI is InChI=1S/C18H25FN2O.2C2HF3O2/c19-16-5-3-14(4-6-16)10-20-7-8-21-12-18(9-17(21)11-20)22-13-15-1-2-15;2*3-2(4,5)1(6)7/h3-6,15,17-18H,1-2,7-13H2;2*(H,6,7). The molecule has 2 atom stereocenters. The van der Waals surface area contributed by atoms with E-state index in [9.17, 15) is 30.7 Å². The van der Waals surface area contributed by atoms with Crippen LogP contribution >= 0.6 is 0 Å². The normalized spacial score (nSPS) is 22.5. The number of ether oxygens (including phenoxy) is 1. The number of rotatable bonds is 5. The van der Waals surface area contributed by atoms with Crippen LogP contribution in [0.5, 0.6) is 0 Å². The van der Waals surface area contributed by atoms with Gasteiger partial charge in [-0.05, 0) is 42.9 Å². The molecule has 14 heteroatoms. The van der Waals surface area contributed by atoms with E-state index in [-0.39, 0.29) is 5.82 Å². The number of fused-ring (bicyclic) bond motifs is 1. The molecule has 3 aliphatic rings. The zero-order valence-corrected chi connectivity index (χ0v) is 19.1. The Hall–Kier alpha value is -2.45. The third-order valence-electron chi connectivity index (χ3n) is 5.73. The van der Waals surface area contributed by atoms with Crippen molar-refractivity contribution in [2.45, 2.75) is 50.3 Å². The van der Waals surface area contributed by atoms with E-state index in [1.807, 2.05) is 12.1 Å². The molecule has 0 aromatic heterocycles. The predicted molar refractivity (Wildman–Crippen MR) is 112 cm³/mol. The van der Waals surface area contributed by atoms with Gasteiger partial charge in [0.15, 0.2) is 0 Å². The number of piperazine rings is 1. The molecule has 1 aliphatic carbocycles. The van der Waals surface area contributed by atoms with Crippen molar-refractivity contribution in [2.75, 3.05) is 32.8 Å². The molecular formula is C22H27F7N2O5. The Kier molecular flexibility index (Phi) is 10.5. The fourth-order valence-corrected chi connectivity index (χ4v) is 3.73. The monoisotopic (exact) mass is 532 g/mol. The maximum atomic E-state index is 13.0. The van der Waals surface area contributed by atoms with Crippen LogP contribution in [0.1, 0.15) is 24.8 Å². The molecule has 4 rings (SSSR count). The summed E-state index contributed by atoms with van der Waals surface area (Å²) in [6.07, 6.45) is -5.82. The molecule has 1 aromatic rings. The average molecular weight is 532 g/mol. The number of nitrogens with zero attached hydrogens (tertiary/aromatic N) is 2. The van der Waals surface area contributed by atoms with Crippen molar-refractivity contribution in [3.05, 3.63) is 35.6 Å². The van der Waals surface area contributed by atoms with Gasteiger partial charge in [0, 0.05) is 45.4 Å². The van der Waals surface area contributed by atoms with Crippen LogP contribution in [-0.2, 0) is 20.9 Å². The summed E-state index contributed by atoms with van der Waals surface area (Å²) in [5.41, 5.74) is 1.20. The molecule has 36 heavy (non-hydrogen) atoms. The van der Waals surface area contributed by atoms with Gasteiger partial charge in [0.1, 0.15) is 5.82 Å². The lowest BCUT2D eigenvalue weighted by Crippen LogP contribution is -2.49. The topological polar surface area (TPSA) is 90.3 Å². The molecule has 2 heterocycles. The molecule has 2 aliphatic heterocycles. The number of hydrogen-bond donors (Lipinski definition) is 2. The number of carbonyl (C=O) groups is 2. The van der Waals surface area contributed by atoms with Crippen molar-refractivity contribution >= 4 is 11.9 Å². The minimum absolute atomic E-state index is 0.153. The molecule has 204 valence electrons. The molecule has 2 N–H and O–H groups in total. The number of alkyl halides is 6. The molecule has 0 bridgehead atoms. The number of carboxylic acids is 2. The Bertz CT molecular complexity index is 836. The van der Waals surface area contributed by atoms with Crippen LogP contribution in [0.25, 0.3) is 0 Å². The maximum Gasteiger partial charge on any atom is 0.490 e. The van der Waals surface area contributed by atoms with E-state index in [0.29, 0.717) is 12.1 Å². The second-order valence-corrected chi connectivity index (χ2v) is 8.75. The largest absolute Gasteiger partial charge is 0.490 e. The fourth-order valence-electron chi connectivity index (χ4n) is 3.73. The highest BCUT2D eigenvalue weighted by Crippen LogP contribution is 2.31. The van der Waals surface area contributed by atoms with Crippen molar-refractivity contribution in [1.82, 2.24) is 9.80 Å². The van der Waals surface area contributed by atoms with Crippen molar-refractivity contribution in [3.63, 3.8) is 0 Å². The lowest BCUT2D eigenvalue weighted by atomic mass is 10.1. The van der Waals surface area contributed by atoms with Gasteiger partial charge >= 0.3 is 24.3 Å². The highest BCUT2D eigenvalue weighted by atomic mass is 19.4. The van der Waals surface area contributed by atoms with Crippen LogP contribution < -0.4 is 0 Å². The van der Waals surface area contributed by atoms with Crippen LogP contribution in [-0.4, -0.2) is 89.2 Å². The molecule has 2 saturated heterocycles. The third kappa shape index (κ3) is 10.7. The van der Waals surface area contributed by atoms with E-state index >= 15 is 0 Å². The minimum Gasteiger partial charge on any atom is -0.475 e. The summed E-state index contributed by atoms with van der Waals surface area (Å²) < 4.78 is 82.5. The fraction of sp³-hybridized carbons (Fsp3) is 0.636. The Labute approximate surface area is 202 Å². The first-order valence-corrected chi connectivity index (χ1v) is 11.1. The van der Waals surface area contributed by atoms with Gasteiger partial charge in [-0.3, -0.25) is 9.80 Å². The summed E-state index contributed by atoms with van der Waals surface area (Å²) in [5, 5.41) is 14.2. The van der Waals surface area contributed by atoms with Gasteiger partial charge in [0.05, 0.1) is 6.10 Å². The Morgan fingerprint density at radius 3 is 1.92 bits per heavy atom. The number of aliphatic carboxylic acids is 2. The average Bonchev–Trinajstić information content (AvgIpc) is 3.51. The van der Waals surface area contributed by atoms with Crippen molar-refractivity contribution in [1.29, 1.82) is 0 Å². The number of hydrogen-bond acceptors (Lipinski definition) is 5. The lowest BCUT2D eigenvalue weighted by Gasteiger charge is -2.37. The molecule has 7 nitrogen and oxygen atoms in total. The molecular weight excluding hydrogens is 505 g/mol. The number of benzene rings is 1. The smallest absolute Gasteiger partial charge is 0.475 e. The summed E-state index contributed by atoms with van der Waals surface area (Å²) in [4.78, 5) is 22.9. The first-order chi connectivity index (χ1) is 16.6. The second-order valence-electron chi connectivity index (χ2n) is 8.75. The Morgan fingerprint density at radius 1 is 0.917 bits per heavy atom. The van der Waals surface area contributed by atoms with E-state index in [2.05, 4.69) is 9.80 Å². The van der Waals surface area contributed by atoms with Crippen LogP contribution in [0.3, 0.4) is 0 Å². The highest BCUT2D eigenvalue weighted by Gasteiger charge is 2.39. The minimum atomic E-state index is -5.08. The number of carboxylic acid groups (broad SMARTS) is 2. The molecule has 1 aromatic carbocycles. The first kappa shape index (κ1) is 29.8. The van der Waals surface area contributed by atoms with E-state index in [0.717, 1.165) is 45.2 Å². The van der Waals surface area contributed by atoms with Gasteiger partial charge in [-0.25, -0.2) is 14.0 Å². The lowest BCUT2D eigenvalue weighted by molar-refractivity contribution is -0.193. The maximum absolute atomic E-state index is 13.0. The zero-order chi connectivity index (χ0) is 27.1. The van der Waals surface area contributed by atoms with Crippen LogP contribution in [0.2, 0.25) is 0 Å². The van der Waals surface area contributed by atoms with Crippen LogP contribution in [0.15, 0.2) is 24.3 Å². The number of halogens is 7. The van der Waals surface area contributed by atoms with Gasteiger partial charge in [-0.15, -0.1) is 0 Å². The zero-order valence-electron chi connectivity index (χ0n) is 19.1. The van der Waals surface area contributed by atoms with Gasteiger partial charge in [-0.1, -0.05) is 12.1 Å². The first-order valence-electron chi connectivity index (χ1n) is 11.1. The summed E-state index contributed by atoms with van der Waals surface area (Å²) >= 11 is 0. The Morgan fingerprint density at radius 2 is 1.44 bits per heavy atom. The van der Waals surface area contributed by atoms with E-state index in [1.165, 1.54) is 24.8 Å². The second kappa shape index (κ2) is 12.7. The van der Waals surface area contributed by atoms with Crippen molar-refractivity contribution in [2.24, 2.45) is 5.92 Å². The predicted octanol–water partition coefficient (Wildman–Crippen LogP) is 3.78. The van der Waals surface area contributed by atoms with Gasteiger partial charge in [0.2, 0.25) is 0 Å². The van der Waals surface area contributed by atoms with Crippen LogP contribution in [0.4, 0.5) is 30.7 Å². The summed E-state index contributed by atoms with van der Waals surface area (Å²) in [7, 11) is 0. The molecule has 3 fully saturated rings. The van der Waals surface area contributed by atoms with E-state index in [1.54, 1.807) is 12.1 Å². The van der Waals surface area contributed by atoms with E-state index < -0.39 is 24.3 Å². The van der Waals surface area contributed by atoms with Gasteiger partial charge < -0.3 is 14.9 Å². The van der Waals surface area contributed by atoms with Gasteiger partial charge in [0.25, 0.3) is 0 Å². The third-order valence-corrected chi connectivity index (χ3v) is 5.73. The van der Waals surface area contributed by atoms with Gasteiger partial charge in [-0.2, -0.15) is 26.3 Å². The molecule has 0 amide bonds. The van der Waals surface area contributed by atoms with Crippen LogP contribution in [0, 0.1) is 11.7 Å². The highest BCUT2D eigenvalue weighted by molar-refractivity contribution is 5.73. The molecule has 0 spiro atoms.